The molecule has 0 bridgehead atoms. The Morgan fingerprint density at radius 3 is 2.54 bits per heavy atom. The second-order valence-electron chi connectivity index (χ2n) is 5.57. The van der Waals surface area contributed by atoms with Crippen LogP contribution in [0, 0.1) is 0 Å². The van der Waals surface area contributed by atoms with Gasteiger partial charge >= 0.3 is 6.18 Å². The molecule has 0 atom stereocenters. The number of nitrogens with two attached hydrogens (primary N) is 1. The molecule has 1 aromatic heterocycles. The number of alkyl halides is 3. The maximum absolute atomic E-state index is 13.3. The smallest absolute Gasteiger partial charge is 0.369 e. The van der Waals surface area contributed by atoms with E-state index in [-0.39, 0.29) is 22.4 Å². The molecule has 2 N–H and O–H groups in total. The van der Waals surface area contributed by atoms with Crippen molar-refractivity contribution in [2.45, 2.75) is 11.3 Å². The van der Waals surface area contributed by atoms with Crippen molar-refractivity contribution in [3.8, 4) is 17.1 Å². The molecule has 2 aromatic carbocycles. The largest absolute Gasteiger partial charge is 0.417 e. The number of carbonyl (C=O) groups is 1. The van der Waals surface area contributed by atoms with Gasteiger partial charge in [-0.3, -0.25) is 9.36 Å². The molecule has 11 heteroatoms. The van der Waals surface area contributed by atoms with Crippen LogP contribution < -0.4 is 5.73 Å². The zero-order valence-corrected chi connectivity index (χ0v) is 16.2. The molecule has 28 heavy (non-hydrogen) atoms. The summed E-state index contributed by atoms with van der Waals surface area (Å²) in [5, 5.41) is 8.25. The number of primary amides is 1. The number of hydrogen-bond donors (Lipinski definition) is 1. The molecule has 1 amide bonds. The number of rotatable bonds is 5. The van der Waals surface area contributed by atoms with Gasteiger partial charge in [-0.25, -0.2) is 0 Å². The van der Waals surface area contributed by atoms with Crippen molar-refractivity contribution in [1.29, 1.82) is 0 Å². The Hall–Kier alpha value is -2.23. The van der Waals surface area contributed by atoms with Crippen LogP contribution in [0.15, 0.2) is 47.6 Å². The van der Waals surface area contributed by atoms with Crippen LogP contribution in [0.3, 0.4) is 0 Å². The zero-order valence-electron chi connectivity index (χ0n) is 13.9. The van der Waals surface area contributed by atoms with E-state index in [1.165, 1.54) is 10.6 Å². The summed E-state index contributed by atoms with van der Waals surface area (Å²) in [7, 11) is 0. The Morgan fingerprint density at radius 1 is 1.14 bits per heavy atom. The van der Waals surface area contributed by atoms with Crippen LogP contribution in [-0.2, 0) is 11.0 Å². The highest BCUT2D eigenvalue weighted by molar-refractivity contribution is 7.99. The second kappa shape index (κ2) is 8.02. The molecular weight excluding hydrogens is 436 g/mol. The van der Waals surface area contributed by atoms with E-state index in [9.17, 15) is 18.0 Å². The number of amides is 1. The van der Waals surface area contributed by atoms with Crippen molar-refractivity contribution in [2.24, 2.45) is 5.73 Å². The van der Waals surface area contributed by atoms with Crippen LogP contribution in [0.25, 0.3) is 17.1 Å². The van der Waals surface area contributed by atoms with Crippen molar-refractivity contribution in [1.82, 2.24) is 14.8 Å². The molecule has 3 aromatic rings. The topological polar surface area (TPSA) is 73.8 Å². The summed E-state index contributed by atoms with van der Waals surface area (Å²) in [4.78, 5) is 11.1. The van der Waals surface area contributed by atoms with Crippen LogP contribution in [0.4, 0.5) is 13.2 Å². The SMILES string of the molecule is NC(=O)CSc1nnc(-c2cccc(Cl)c2)n1-c1ccc(Cl)c(C(F)(F)F)c1. The molecule has 0 aliphatic carbocycles. The predicted octanol–water partition coefficient (Wildman–Crippen LogP) is 4.84. The quantitative estimate of drug-likeness (QED) is 0.569. The number of benzene rings is 2. The van der Waals surface area contributed by atoms with Crippen LogP contribution in [0.5, 0.6) is 0 Å². The van der Waals surface area contributed by atoms with Gasteiger partial charge in [0.05, 0.1) is 22.0 Å². The molecule has 0 fully saturated rings. The van der Waals surface area contributed by atoms with Gasteiger partial charge in [-0.2, -0.15) is 13.2 Å². The van der Waals surface area contributed by atoms with Gasteiger partial charge in [0, 0.05) is 10.6 Å². The lowest BCUT2D eigenvalue weighted by molar-refractivity contribution is -0.137. The van der Waals surface area contributed by atoms with Crippen molar-refractivity contribution >= 4 is 40.9 Å². The first kappa shape index (κ1) is 20.5. The van der Waals surface area contributed by atoms with E-state index in [1.807, 2.05) is 0 Å². The van der Waals surface area contributed by atoms with Crippen LogP contribution in [0.2, 0.25) is 10.0 Å². The number of aromatic nitrogens is 3. The molecule has 0 radical (unpaired) electrons. The lowest BCUT2D eigenvalue weighted by atomic mass is 10.1. The van der Waals surface area contributed by atoms with Crippen molar-refractivity contribution < 1.29 is 18.0 Å². The summed E-state index contributed by atoms with van der Waals surface area (Å²) < 4.78 is 41.3. The number of hydrogen-bond acceptors (Lipinski definition) is 4. The Morgan fingerprint density at radius 2 is 1.89 bits per heavy atom. The number of halogens is 5. The summed E-state index contributed by atoms with van der Waals surface area (Å²) in [5.74, 6) is -0.464. The first-order chi connectivity index (χ1) is 13.2. The zero-order chi connectivity index (χ0) is 20.5. The minimum Gasteiger partial charge on any atom is -0.369 e. The van der Waals surface area contributed by atoms with Gasteiger partial charge in [-0.1, -0.05) is 47.1 Å². The Labute approximate surface area is 171 Å². The van der Waals surface area contributed by atoms with E-state index >= 15 is 0 Å². The Balaban J connectivity index is 2.20. The molecule has 146 valence electrons. The average Bonchev–Trinajstić information content (AvgIpc) is 3.03. The summed E-state index contributed by atoms with van der Waals surface area (Å²) >= 11 is 12.7. The molecule has 0 aliphatic heterocycles. The molecule has 0 unspecified atom stereocenters. The van der Waals surface area contributed by atoms with Crippen molar-refractivity contribution in [2.75, 3.05) is 5.75 Å². The normalized spacial score (nSPS) is 11.6. The van der Waals surface area contributed by atoms with E-state index < -0.39 is 22.7 Å². The van der Waals surface area contributed by atoms with Gasteiger partial charge in [0.25, 0.3) is 0 Å². The Kier molecular flexibility index (Phi) is 5.87. The molecule has 0 aliphatic rings. The fourth-order valence-electron chi connectivity index (χ4n) is 2.42. The van der Waals surface area contributed by atoms with E-state index in [2.05, 4.69) is 10.2 Å². The average molecular weight is 447 g/mol. The van der Waals surface area contributed by atoms with Crippen LogP contribution in [-0.4, -0.2) is 26.4 Å². The third kappa shape index (κ3) is 4.43. The van der Waals surface area contributed by atoms with E-state index in [1.54, 1.807) is 24.3 Å². The van der Waals surface area contributed by atoms with Gasteiger partial charge in [0.1, 0.15) is 0 Å². The number of carbonyl (C=O) groups excluding carboxylic acids is 1. The van der Waals surface area contributed by atoms with E-state index in [4.69, 9.17) is 28.9 Å². The van der Waals surface area contributed by atoms with Gasteiger partial charge in [-0.15, -0.1) is 10.2 Å². The summed E-state index contributed by atoms with van der Waals surface area (Å²) in [6, 6.07) is 10.1. The van der Waals surface area contributed by atoms with Crippen molar-refractivity contribution in [3.63, 3.8) is 0 Å². The van der Waals surface area contributed by atoms with E-state index in [0.717, 1.165) is 23.9 Å². The molecule has 1 heterocycles. The summed E-state index contributed by atoms with van der Waals surface area (Å²) in [6.07, 6.45) is -4.64. The van der Waals surface area contributed by atoms with Gasteiger partial charge in [0.15, 0.2) is 11.0 Å². The minimum atomic E-state index is -4.64. The highest BCUT2D eigenvalue weighted by Crippen LogP contribution is 2.37. The fourth-order valence-corrected chi connectivity index (χ4v) is 3.52. The monoisotopic (exact) mass is 446 g/mol. The first-order valence-electron chi connectivity index (χ1n) is 7.66. The number of nitrogens with zero attached hydrogens (tertiary/aromatic N) is 3. The summed E-state index contributed by atoms with van der Waals surface area (Å²) in [5.41, 5.74) is 4.83. The minimum absolute atomic E-state index is 0.118. The second-order valence-corrected chi connectivity index (χ2v) is 7.35. The summed E-state index contributed by atoms with van der Waals surface area (Å²) in [6.45, 7) is 0. The molecular formula is C17H11Cl2F3N4OS. The van der Waals surface area contributed by atoms with Gasteiger partial charge in [-0.05, 0) is 30.3 Å². The fraction of sp³-hybridized carbons (Fsp3) is 0.118. The highest BCUT2D eigenvalue weighted by atomic mass is 35.5. The molecule has 0 saturated heterocycles. The maximum atomic E-state index is 13.3. The predicted molar refractivity (Wildman–Crippen MR) is 102 cm³/mol. The van der Waals surface area contributed by atoms with E-state index in [0.29, 0.717) is 10.6 Å². The molecule has 0 spiro atoms. The first-order valence-corrected chi connectivity index (χ1v) is 9.40. The van der Waals surface area contributed by atoms with Gasteiger partial charge < -0.3 is 5.73 Å². The van der Waals surface area contributed by atoms with Crippen molar-refractivity contribution in [3.05, 3.63) is 58.1 Å². The third-order valence-corrected chi connectivity index (χ3v) is 5.09. The number of thioether (sulfide) groups is 1. The van der Waals surface area contributed by atoms with Crippen LogP contribution >= 0.6 is 35.0 Å². The standard InChI is InChI=1S/C17H11Cl2F3N4OS/c18-10-3-1-2-9(6-10)15-24-25-16(28-8-14(23)27)26(15)11-4-5-13(19)12(7-11)17(20,21)22/h1-7H,8H2,(H2,23,27). The third-order valence-electron chi connectivity index (χ3n) is 3.57. The molecule has 3 rings (SSSR count). The van der Waals surface area contributed by atoms with Gasteiger partial charge in [0.2, 0.25) is 5.91 Å². The lowest BCUT2D eigenvalue weighted by Gasteiger charge is -2.14. The Bertz CT molecular complexity index is 1040. The molecule has 0 saturated carbocycles. The lowest BCUT2D eigenvalue weighted by Crippen LogP contribution is -2.14. The molecule has 5 nitrogen and oxygen atoms in total. The van der Waals surface area contributed by atoms with Crippen LogP contribution in [0.1, 0.15) is 5.56 Å². The maximum Gasteiger partial charge on any atom is 0.417 e. The highest BCUT2D eigenvalue weighted by Gasteiger charge is 2.34.